The Morgan fingerprint density at radius 2 is 2.11 bits per heavy atom. The molecule has 1 N–H and O–H groups in total. The summed E-state index contributed by atoms with van der Waals surface area (Å²) in [7, 11) is -3.62. The normalized spacial score (nSPS) is 18.4. The molecule has 0 spiro atoms. The van der Waals surface area contributed by atoms with Crippen LogP contribution in [0.1, 0.15) is 26.2 Å². The quantitative estimate of drug-likeness (QED) is 0.919. The Bertz CT molecular complexity index is 555. The minimum atomic E-state index is -3.62. The van der Waals surface area contributed by atoms with Crippen molar-refractivity contribution in [2.24, 2.45) is 5.41 Å². The highest BCUT2D eigenvalue weighted by atomic mass is 79.9. The predicted octanol–water partition coefficient (Wildman–Crippen LogP) is 3.06. The third kappa shape index (κ3) is 2.92. The highest BCUT2D eigenvalue weighted by molar-refractivity contribution is 9.10. The molecule has 0 atom stereocenters. The van der Waals surface area contributed by atoms with E-state index < -0.39 is 15.8 Å². The lowest BCUT2D eigenvalue weighted by atomic mass is 9.71. The van der Waals surface area contributed by atoms with E-state index in [1.54, 1.807) is 0 Å². The van der Waals surface area contributed by atoms with Crippen LogP contribution in [0.2, 0.25) is 0 Å². The Morgan fingerprint density at radius 1 is 1.44 bits per heavy atom. The summed E-state index contributed by atoms with van der Waals surface area (Å²) in [4.78, 5) is -0.0360. The molecule has 1 aliphatic rings. The molecular weight excluding hydrogens is 321 g/mol. The molecule has 100 valence electrons. The van der Waals surface area contributed by atoms with Crippen molar-refractivity contribution in [3.63, 3.8) is 0 Å². The summed E-state index contributed by atoms with van der Waals surface area (Å²) >= 11 is 3.00. The van der Waals surface area contributed by atoms with Crippen LogP contribution >= 0.6 is 15.9 Å². The summed E-state index contributed by atoms with van der Waals surface area (Å²) in [5.41, 5.74) is 0.0565. The first-order valence-corrected chi connectivity index (χ1v) is 8.05. The standard InChI is InChI=1S/C12H15BrFNO2S/c1-12(5-2-6-12)8-15-18(16,17)9-3-4-10(13)11(14)7-9/h3-4,7,15H,2,5-6,8H2,1H3. The fraction of sp³-hybridized carbons (Fsp3) is 0.500. The first kappa shape index (κ1) is 14.0. The van der Waals surface area contributed by atoms with Gasteiger partial charge < -0.3 is 0 Å². The SMILES string of the molecule is CC1(CNS(=O)(=O)c2ccc(Br)c(F)c2)CCC1. The van der Waals surface area contributed by atoms with Crippen molar-refractivity contribution >= 4 is 26.0 Å². The van der Waals surface area contributed by atoms with Gasteiger partial charge in [-0.1, -0.05) is 13.3 Å². The second-order valence-corrected chi connectivity index (χ2v) is 7.69. The largest absolute Gasteiger partial charge is 0.240 e. The molecule has 1 aliphatic carbocycles. The number of benzene rings is 1. The zero-order valence-corrected chi connectivity index (χ0v) is 12.4. The maximum absolute atomic E-state index is 13.3. The Hall–Kier alpha value is -0.460. The van der Waals surface area contributed by atoms with Crippen LogP contribution in [0, 0.1) is 11.2 Å². The maximum atomic E-state index is 13.3. The lowest BCUT2D eigenvalue weighted by Crippen LogP contribution is -2.39. The summed E-state index contributed by atoms with van der Waals surface area (Å²) in [6.07, 6.45) is 3.21. The second-order valence-electron chi connectivity index (χ2n) is 5.06. The first-order valence-electron chi connectivity index (χ1n) is 5.77. The van der Waals surface area contributed by atoms with Crippen molar-refractivity contribution in [3.8, 4) is 0 Å². The average molecular weight is 336 g/mol. The van der Waals surface area contributed by atoms with E-state index in [0.717, 1.165) is 25.3 Å². The monoisotopic (exact) mass is 335 g/mol. The van der Waals surface area contributed by atoms with E-state index in [2.05, 4.69) is 27.6 Å². The third-order valence-corrected chi connectivity index (χ3v) is 5.49. The molecule has 18 heavy (non-hydrogen) atoms. The average Bonchev–Trinajstić information content (AvgIpc) is 2.27. The topological polar surface area (TPSA) is 46.2 Å². The third-order valence-electron chi connectivity index (χ3n) is 3.45. The van der Waals surface area contributed by atoms with Crippen molar-refractivity contribution in [3.05, 3.63) is 28.5 Å². The molecule has 2 rings (SSSR count). The van der Waals surface area contributed by atoms with E-state index in [0.29, 0.717) is 6.54 Å². The minimum Gasteiger partial charge on any atom is -0.211 e. The van der Waals surface area contributed by atoms with Gasteiger partial charge in [0.15, 0.2) is 0 Å². The molecule has 1 aromatic rings. The van der Waals surface area contributed by atoms with Crippen LogP contribution in [0.3, 0.4) is 0 Å². The summed E-state index contributed by atoms with van der Waals surface area (Å²) in [5.74, 6) is -0.576. The molecule has 0 heterocycles. The zero-order chi connectivity index (χ0) is 13.4. The van der Waals surface area contributed by atoms with Crippen LogP contribution in [0.15, 0.2) is 27.6 Å². The second kappa shape index (κ2) is 4.90. The molecule has 0 aliphatic heterocycles. The maximum Gasteiger partial charge on any atom is 0.240 e. The number of nitrogens with one attached hydrogen (secondary N) is 1. The fourth-order valence-electron chi connectivity index (χ4n) is 1.95. The van der Waals surface area contributed by atoms with Crippen molar-refractivity contribution in [2.75, 3.05) is 6.54 Å². The van der Waals surface area contributed by atoms with Gasteiger partial charge in [-0.3, -0.25) is 0 Å². The molecule has 1 aromatic carbocycles. The van der Waals surface area contributed by atoms with E-state index in [9.17, 15) is 12.8 Å². The van der Waals surface area contributed by atoms with E-state index in [4.69, 9.17) is 0 Å². The first-order chi connectivity index (χ1) is 8.32. The van der Waals surface area contributed by atoms with Crippen molar-refractivity contribution < 1.29 is 12.8 Å². The van der Waals surface area contributed by atoms with Crippen LogP contribution in [-0.2, 0) is 10.0 Å². The van der Waals surface area contributed by atoms with Crippen LogP contribution in [-0.4, -0.2) is 15.0 Å². The Labute approximate surface area is 115 Å². The molecule has 1 saturated carbocycles. The molecule has 0 unspecified atom stereocenters. The van der Waals surface area contributed by atoms with Gasteiger partial charge in [0.25, 0.3) is 0 Å². The van der Waals surface area contributed by atoms with Crippen molar-refractivity contribution in [1.82, 2.24) is 4.72 Å². The molecule has 1 fully saturated rings. The molecule has 0 bridgehead atoms. The van der Waals surface area contributed by atoms with Crippen molar-refractivity contribution in [1.29, 1.82) is 0 Å². The van der Waals surface area contributed by atoms with E-state index >= 15 is 0 Å². The van der Waals surface area contributed by atoms with Crippen LogP contribution in [0.25, 0.3) is 0 Å². The Kier molecular flexibility index (Phi) is 3.80. The van der Waals surface area contributed by atoms with Crippen LogP contribution < -0.4 is 4.72 Å². The van der Waals surface area contributed by atoms with Gasteiger partial charge in [0.1, 0.15) is 5.82 Å². The minimum absolute atomic E-state index is 0.0360. The molecule has 0 saturated heterocycles. The van der Waals surface area contributed by atoms with Gasteiger partial charge in [-0.25, -0.2) is 17.5 Å². The van der Waals surface area contributed by atoms with Gasteiger partial charge in [-0.2, -0.15) is 0 Å². The smallest absolute Gasteiger partial charge is 0.211 e. The zero-order valence-electron chi connectivity index (χ0n) is 10.0. The summed E-state index contributed by atoms with van der Waals surface area (Å²) in [6, 6.07) is 3.81. The van der Waals surface area contributed by atoms with Gasteiger partial charge in [0, 0.05) is 6.54 Å². The molecule has 0 radical (unpaired) electrons. The number of sulfonamides is 1. The molecule has 0 aromatic heterocycles. The molecular formula is C12H15BrFNO2S. The van der Waals surface area contributed by atoms with Gasteiger partial charge in [0.05, 0.1) is 9.37 Å². The molecule has 0 amide bonds. The lowest BCUT2D eigenvalue weighted by Gasteiger charge is -2.38. The number of rotatable bonds is 4. The molecule has 6 heteroatoms. The number of hydrogen-bond acceptors (Lipinski definition) is 2. The van der Waals surface area contributed by atoms with Gasteiger partial charge in [0.2, 0.25) is 10.0 Å². The van der Waals surface area contributed by atoms with E-state index in [1.807, 2.05) is 0 Å². The summed E-state index contributed by atoms with van der Waals surface area (Å²) < 4.78 is 40.1. The van der Waals surface area contributed by atoms with Gasteiger partial charge >= 0.3 is 0 Å². The number of hydrogen-bond donors (Lipinski definition) is 1. The van der Waals surface area contributed by atoms with Gasteiger partial charge in [-0.05, 0) is 52.4 Å². The molecule has 3 nitrogen and oxygen atoms in total. The fourth-order valence-corrected chi connectivity index (χ4v) is 3.41. The lowest BCUT2D eigenvalue weighted by molar-refractivity contribution is 0.166. The summed E-state index contributed by atoms with van der Waals surface area (Å²) in [6.45, 7) is 2.47. The Balaban J connectivity index is 2.12. The van der Waals surface area contributed by atoms with Gasteiger partial charge in [-0.15, -0.1) is 0 Å². The number of halogens is 2. The predicted molar refractivity (Wildman–Crippen MR) is 71.2 cm³/mol. The van der Waals surface area contributed by atoms with Crippen LogP contribution in [0.5, 0.6) is 0 Å². The Morgan fingerprint density at radius 3 is 2.61 bits per heavy atom. The summed E-state index contributed by atoms with van der Waals surface area (Å²) in [5, 5.41) is 0. The highest BCUT2D eigenvalue weighted by Crippen LogP contribution is 2.39. The van der Waals surface area contributed by atoms with Crippen molar-refractivity contribution in [2.45, 2.75) is 31.1 Å². The van der Waals surface area contributed by atoms with Crippen LogP contribution in [0.4, 0.5) is 4.39 Å². The highest BCUT2D eigenvalue weighted by Gasteiger charge is 2.33. The van der Waals surface area contributed by atoms with E-state index in [1.165, 1.54) is 12.1 Å². The van der Waals surface area contributed by atoms with E-state index in [-0.39, 0.29) is 14.8 Å².